The van der Waals surface area contributed by atoms with E-state index in [0.29, 0.717) is 69.2 Å². The Hall–Kier alpha value is -6.02. The zero-order valence-corrected chi connectivity index (χ0v) is 39.6. The molecular weight excluding hydrogens is 910 g/mol. The van der Waals surface area contributed by atoms with Crippen molar-refractivity contribution in [3.63, 3.8) is 0 Å². The van der Waals surface area contributed by atoms with Gasteiger partial charge in [-0.1, -0.05) is 23.7 Å². The number of halogens is 1. The Morgan fingerprint density at radius 3 is 2.31 bits per heavy atom. The van der Waals surface area contributed by atoms with Crippen LogP contribution in [-0.4, -0.2) is 148 Å². The third kappa shape index (κ3) is 8.15. The highest BCUT2D eigenvalue weighted by Crippen LogP contribution is 2.59. The van der Waals surface area contributed by atoms with Gasteiger partial charge in [-0.05, 0) is 74.1 Å². The third-order valence-corrected chi connectivity index (χ3v) is 16.4. The number of piperidine rings is 2. The van der Waals surface area contributed by atoms with Gasteiger partial charge in [-0.25, -0.2) is 13.4 Å². The lowest BCUT2D eigenvalue weighted by atomic mass is 9.96. The second kappa shape index (κ2) is 17.2. The fraction of sp³-hybridized carbons (Fsp3) is 0.458. The smallest absolute Gasteiger partial charge is 0.262 e. The average molecular weight is 965 g/mol. The number of para-hydroxylation sites is 1. The van der Waals surface area contributed by atoms with Gasteiger partial charge in [0.2, 0.25) is 27.8 Å². The van der Waals surface area contributed by atoms with Crippen molar-refractivity contribution in [2.24, 2.45) is 5.92 Å². The van der Waals surface area contributed by atoms with Crippen LogP contribution < -0.4 is 34.8 Å². The summed E-state index contributed by atoms with van der Waals surface area (Å²) in [6, 6.07) is 16.8. The van der Waals surface area contributed by atoms with Gasteiger partial charge in [-0.2, -0.15) is 4.98 Å². The molecule has 1 saturated carbocycles. The quantitative estimate of drug-likeness (QED) is 0.167. The van der Waals surface area contributed by atoms with E-state index in [0.717, 1.165) is 106 Å². The highest BCUT2D eigenvalue weighted by Gasteiger charge is 2.54. The first-order valence-electron chi connectivity index (χ1n) is 23.4. The largest absolute Gasteiger partial charge is 0.494 e. The van der Waals surface area contributed by atoms with Crippen LogP contribution in [0.3, 0.4) is 0 Å². The van der Waals surface area contributed by atoms with E-state index in [9.17, 15) is 27.6 Å². The molecule has 0 bridgehead atoms. The maximum absolute atomic E-state index is 13.3. The highest BCUT2D eigenvalue weighted by molar-refractivity contribution is 7.92. The summed E-state index contributed by atoms with van der Waals surface area (Å²) in [5.41, 5.74) is 5.46. The van der Waals surface area contributed by atoms with E-state index >= 15 is 0 Å². The number of aromatic nitrogens is 2. The summed E-state index contributed by atoms with van der Waals surface area (Å²) in [6.07, 6.45) is 7.04. The standard InChI is InChI=1S/C48H54ClN11O7S/c1-67-40-23-32(7-9-37(40)52-47-50-24-36(49)43(54-47)51-38-5-3-4-35-42(38)59(68(2,65)66)28-48(35)14-15-48)56-16-12-30(13-17-56)57-20-18-55(19-21-57)25-29-26-58(27-29)31-6-8-33-34(22-31)46(64)60(45(33)63)39-10-11-41(61)53-44(39)62/h3-9,22-24,29-30,39H,10-21,25-28H2,1-2H3,(H,53,61,62)(H2,50,51,52,54). The molecule has 68 heavy (non-hydrogen) atoms. The molecular formula is C48H54ClN11O7S. The molecule has 4 aromatic rings. The summed E-state index contributed by atoms with van der Waals surface area (Å²) < 4.78 is 33.1. The number of methoxy groups -OCH3 is 1. The molecule has 7 aliphatic rings. The Labute approximate surface area is 400 Å². The molecule has 3 N–H and O–H groups in total. The van der Waals surface area contributed by atoms with E-state index < -0.39 is 39.7 Å². The summed E-state index contributed by atoms with van der Waals surface area (Å²) in [5.74, 6) is -0.141. The minimum Gasteiger partial charge on any atom is -0.494 e. The number of amides is 4. The van der Waals surface area contributed by atoms with Crippen LogP contribution in [0.15, 0.2) is 60.8 Å². The fourth-order valence-corrected chi connectivity index (χ4v) is 12.2. The summed E-state index contributed by atoms with van der Waals surface area (Å²) in [6.45, 7) is 9.21. The monoisotopic (exact) mass is 963 g/mol. The van der Waals surface area contributed by atoms with Crippen LogP contribution in [-0.2, 0) is 25.0 Å². The zero-order chi connectivity index (χ0) is 47.1. The molecule has 3 aromatic carbocycles. The Bertz CT molecular complexity index is 2840. The van der Waals surface area contributed by atoms with Crippen molar-refractivity contribution in [3.05, 3.63) is 82.5 Å². The number of anilines is 7. The minimum atomic E-state index is -3.50. The Balaban J connectivity index is 0.650. The number of hydrogen-bond donors (Lipinski definition) is 3. The van der Waals surface area contributed by atoms with Gasteiger partial charge in [-0.3, -0.25) is 38.6 Å². The SMILES string of the molecule is COc1cc(N2CCC(N3CCN(CC4CN(c5ccc6c(c5)C(=O)N(C5CCC(=O)NC5=O)C6=O)C4)CC3)CC2)ccc1Nc1ncc(Cl)c(Nc2cccc3c2N(S(C)(=O)=O)CC32CC2)n1. The molecule has 1 spiro atoms. The highest BCUT2D eigenvalue weighted by atomic mass is 35.5. The third-order valence-electron chi connectivity index (χ3n) is 15.0. The van der Waals surface area contributed by atoms with Gasteiger partial charge in [0.15, 0.2) is 5.82 Å². The number of nitrogens with zero attached hydrogens (tertiary/aromatic N) is 8. The second-order valence-electron chi connectivity index (χ2n) is 19.3. The van der Waals surface area contributed by atoms with Crippen LogP contribution in [0.5, 0.6) is 5.75 Å². The van der Waals surface area contributed by atoms with E-state index in [-0.39, 0.29) is 18.3 Å². The number of sulfonamides is 1. The molecule has 7 heterocycles. The molecule has 20 heteroatoms. The lowest BCUT2D eigenvalue weighted by Gasteiger charge is -2.46. The van der Waals surface area contributed by atoms with Crippen molar-refractivity contribution in [1.82, 2.24) is 30.0 Å². The molecule has 5 fully saturated rings. The number of piperazine rings is 1. The molecule has 1 aliphatic carbocycles. The lowest BCUT2D eigenvalue weighted by molar-refractivity contribution is -0.136. The van der Waals surface area contributed by atoms with E-state index in [1.807, 2.05) is 36.4 Å². The molecule has 18 nitrogen and oxygen atoms in total. The van der Waals surface area contributed by atoms with Gasteiger partial charge >= 0.3 is 0 Å². The molecule has 6 aliphatic heterocycles. The van der Waals surface area contributed by atoms with Crippen molar-refractivity contribution >= 4 is 85.5 Å². The minimum absolute atomic E-state index is 0.0926. The van der Waals surface area contributed by atoms with Crippen LogP contribution in [0.1, 0.15) is 64.8 Å². The summed E-state index contributed by atoms with van der Waals surface area (Å²) in [4.78, 5) is 70.6. The molecule has 1 unspecified atom stereocenters. The molecule has 11 rings (SSSR count). The van der Waals surface area contributed by atoms with Gasteiger partial charge in [0.05, 0.1) is 47.8 Å². The van der Waals surface area contributed by atoms with Crippen molar-refractivity contribution in [3.8, 4) is 5.75 Å². The molecule has 1 aromatic heterocycles. The van der Waals surface area contributed by atoms with Crippen LogP contribution in [0.4, 0.5) is 40.2 Å². The Kier molecular flexibility index (Phi) is 11.2. The van der Waals surface area contributed by atoms with Gasteiger partial charge in [0.1, 0.15) is 16.8 Å². The van der Waals surface area contributed by atoms with Crippen LogP contribution in [0.25, 0.3) is 0 Å². The number of fused-ring (bicyclic) bond motifs is 3. The van der Waals surface area contributed by atoms with Gasteiger partial charge < -0.3 is 30.1 Å². The predicted octanol–water partition coefficient (Wildman–Crippen LogP) is 4.56. The molecule has 4 amide bonds. The maximum Gasteiger partial charge on any atom is 0.262 e. The number of imide groups is 2. The number of benzene rings is 3. The molecule has 0 radical (unpaired) electrons. The maximum atomic E-state index is 13.3. The van der Waals surface area contributed by atoms with Gasteiger partial charge in [0.25, 0.3) is 11.8 Å². The first-order valence-corrected chi connectivity index (χ1v) is 25.7. The van der Waals surface area contributed by atoms with Crippen molar-refractivity contribution in [2.45, 2.75) is 56.0 Å². The number of rotatable bonds is 12. The zero-order valence-electron chi connectivity index (χ0n) is 38.0. The average Bonchev–Trinajstić information content (AvgIpc) is 3.96. The number of hydrogen-bond acceptors (Lipinski definition) is 15. The second-order valence-corrected chi connectivity index (χ2v) is 21.6. The van der Waals surface area contributed by atoms with E-state index in [1.54, 1.807) is 19.2 Å². The van der Waals surface area contributed by atoms with Crippen molar-refractivity contribution in [1.29, 1.82) is 0 Å². The van der Waals surface area contributed by atoms with E-state index in [1.165, 1.54) is 16.8 Å². The molecule has 356 valence electrons. The van der Waals surface area contributed by atoms with Gasteiger partial charge in [0, 0.05) is 107 Å². The molecule has 1 atom stereocenters. The topological polar surface area (TPSA) is 193 Å². The predicted molar refractivity (Wildman–Crippen MR) is 258 cm³/mol. The summed E-state index contributed by atoms with van der Waals surface area (Å²) >= 11 is 6.60. The first-order chi connectivity index (χ1) is 32.7. The first kappa shape index (κ1) is 44.5. The number of carbonyl (C=O) groups excluding carboxylic acids is 4. The number of ether oxygens (including phenoxy) is 1. The van der Waals surface area contributed by atoms with E-state index in [4.69, 9.17) is 21.3 Å². The molecule has 4 saturated heterocycles. The number of nitrogens with one attached hydrogen (secondary N) is 3. The summed E-state index contributed by atoms with van der Waals surface area (Å²) in [5, 5.41) is 9.15. The van der Waals surface area contributed by atoms with E-state index in [2.05, 4.69) is 46.6 Å². The van der Waals surface area contributed by atoms with Crippen LogP contribution >= 0.6 is 11.6 Å². The van der Waals surface area contributed by atoms with Crippen molar-refractivity contribution in [2.75, 3.05) is 104 Å². The fourth-order valence-electron chi connectivity index (χ4n) is 11.1. The van der Waals surface area contributed by atoms with Gasteiger partial charge in [-0.15, -0.1) is 0 Å². The lowest BCUT2D eigenvalue weighted by Crippen LogP contribution is -2.57. The summed E-state index contributed by atoms with van der Waals surface area (Å²) in [7, 11) is -1.85. The van der Waals surface area contributed by atoms with Crippen LogP contribution in [0, 0.1) is 5.92 Å². The number of carbonyl (C=O) groups is 4. The Morgan fingerprint density at radius 2 is 1.59 bits per heavy atom. The normalized spacial score (nSPS) is 22.1. The Morgan fingerprint density at radius 1 is 0.853 bits per heavy atom. The van der Waals surface area contributed by atoms with Crippen LogP contribution in [0.2, 0.25) is 5.02 Å². The van der Waals surface area contributed by atoms with Crippen molar-refractivity contribution < 1.29 is 32.3 Å².